The normalized spacial score (nSPS) is 11.1. The largest absolute Gasteiger partial charge is 0.465 e. The number of carbonyl (C=O) groups excluding carboxylic acids is 2. The van der Waals surface area contributed by atoms with Gasteiger partial charge in [0.25, 0.3) is 0 Å². The lowest BCUT2D eigenvalue weighted by atomic mass is 10.0. The second-order valence-corrected chi connectivity index (χ2v) is 9.06. The number of unbranched alkanes of at least 4 members (excludes halogenated alkanes) is 14. The van der Waals surface area contributed by atoms with Crippen LogP contribution in [0.5, 0.6) is 0 Å². The van der Waals surface area contributed by atoms with E-state index in [4.69, 9.17) is 10.5 Å². The summed E-state index contributed by atoms with van der Waals surface area (Å²) in [6.45, 7) is 2.27. The van der Waals surface area contributed by atoms with E-state index in [0.717, 1.165) is 23.9 Å². The minimum absolute atomic E-state index is 0.0714. The van der Waals surface area contributed by atoms with Gasteiger partial charge >= 0.3 is 5.97 Å². The van der Waals surface area contributed by atoms with Crippen molar-refractivity contribution in [1.82, 2.24) is 9.78 Å². The maximum absolute atomic E-state index is 12.5. The summed E-state index contributed by atoms with van der Waals surface area (Å²) in [5.41, 5.74) is 6.16. The van der Waals surface area contributed by atoms with E-state index in [0.29, 0.717) is 11.4 Å². The van der Waals surface area contributed by atoms with Crippen molar-refractivity contribution in [2.45, 2.75) is 115 Å². The van der Waals surface area contributed by atoms with E-state index in [1.165, 1.54) is 95.9 Å². The Bertz CT molecular complexity index is 646. The maximum Gasteiger partial charge on any atom is 0.344 e. The SMILES string of the molecule is CCCCCCCCCCCCCCCCCC(=O)n1nc(SC)c(C(=O)OC)c1N. The fourth-order valence-electron chi connectivity index (χ4n) is 3.79. The van der Waals surface area contributed by atoms with E-state index < -0.39 is 5.97 Å². The van der Waals surface area contributed by atoms with Gasteiger partial charge in [-0.05, 0) is 12.7 Å². The smallest absolute Gasteiger partial charge is 0.344 e. The molecule has 31 heavy (non-hydrogen) atoms. The number of rotatable bonds is 18. The molecule has 6 nitrogen and oxygen atoms in total. The first kappa shape index (κ1) is 27.5. The molecule has 0 aliphatic heterocycles. The molecular formula is C24H43N3O3S. The number of carbonyl (C=O) groups is 2. The third-order valence-electron chi connectivity index (χ3n) is 5.70. The topological polar surface area (TPSA) is 87.2 Å². The van der Waals surface area contributed by atoms with Crippen LogP contribution in [0.2, 0.25) is 0 Å². The van der Waals surface area contributed by atoms with Gasteiger partial charge in [-0.25, -0.2) is 4.79 Å². The van der Waals surface area contributed by atoms with Crippen LogP contribution in [0.25, 0.3) is 0 Å². The van der Waals surface area contributed by atoms with Gasteiger partial charge in [-0.1, -0.05) is 96.8 Å². The van der Waals surface area contributed by atoms with Gasteiger partial charge in [0.15, 0.2) is 0 Å². The lowest BCUT2D eigenvalue weighted by Crippen LogP contribution is -2.16. The summed E-state index contributed by atoms with van der Waals surface area (Å²) in [6, 6.07) is 0. The first-order chi connectivity index (χ1) is 15.1. The number of ether oxygens (including phenoxy) is 1. The molecule has 0 bridgehead atoms. The van der Waals surface area contributed by atoms with Crippen molar-refractivity contribution in [2.24, 2.45) is 0 Å². The van der Waals surface area contributed by atoms with Crippen LogP contribution in [-0.2, 0) is 4.74 Å². The number of nitrogens with zero attached hydrogens (tertiary/aromatic N) is 2. The Balaban J connectivity index is 2.09. The Morgan fingerprint density at radius 2 is 1.32 bits per heavy atom. The molecule has 1 aromatic rings. The van der Waals surface area contributed by atoms with Crippen LogP contribution < -0.4 is 5.73 Å². The lowest BCUT2D eigenvalue weighted by molar-refractivity contribution is 0.0598. The molecule has 0 saturated heterocycles. The molecule has 7 heteroatoms. The summed E-state index contributed by atoms with van der Waals surface area (Å²) in [5.74, 6) is -0.660. The third kappa shape index (κ3) is 10.6. The van der Waals surface area contributed by atoms with Crippen LogP contribution in [0.15, 0.2) is 5.03 Å². The molecule has 1 aromatic heterocycles. The highest BCUT2D eigenvalue weighted by Crippen LogP contribution is 2.26. The summed E-state index contributed by atoms with van der Waals surface area (Å²) in [7, 11) is 1.29. The molecule has 0 aliphatic rings. The standard InChI is InChI=1S/C24H43N3O3S/c1-4-5-6-7-8-9-10-11-12-13-14-15-16-17-18-19-20(28)27-22(25)21(24(29)30-2)23(26-27)31-3/h4-19,25H2,1-3H3. The van der Waals surface area contributed by atoms with Crippen LogP contribution in [-0.4, -0.2) is 35.0 Å². The number of anilines is 1. The number of aromatic nitrogens is 2. The summed E-state index contributed by atoms with van der Waals surface area (Å²) >= 11 is 1.28. The van der Waals surface area contributed by atoms with Gasteiger partial charge in [-0.3, -0.25) is 4.79 Å². The van der Waals surface area contributed by atoms with E-state index in [1.807, 2.05) is 0 Å². The van der Waals surface area contributed by atoms with Gasteiger partial charge in [0.1, 0.15) is 16.4 Å². The van der Waals surface area contributed by atoms with E-state index in [9.17, 15) is 9.59 Å². The number of thioether (sulfide) groups is 1. The first-order valence-electron chi connectivity index (χ1n) is 12.1. The highest BCUT2D eigenvalue weighted by Gasteiger charge is 2.24. The average Bonchev–Trinajstić information content (AvgIpc) is 3.12. The summed E-state index contributed by atoms with van der Waals surface area (Å²) in [6.07, 6.45) is 21.5. The summed E-state index contributed by atoms with van der Waals surface area (Å²) < 4.78 is 5.90. The van der Waals surface area contributed by atoms with Crippen LogP contribution in [0.1, 0.15) is 125 Å². The van der Waals surface area contributed by atoms with E-state index in [-0.39, 0.29) is 17.3 Å². The van der Waals surface area contributed by atoms with Crippen LogP contribution in [0.4, 0.5) is 5.82 Å². The Labute approximate surface area is 193 Å². The zero-order valence-electron chi connectivity index (χ0n) is 19.9. The minimum Gasteiger partial charge on any atom is -0.465 e. The van der Waals surface area contributed by atoms with Crippen molar-refractivity contribution < 1.29 is 14.3 Å². The summed E-state index contributed by atoms with van der Waals surface area (Å²) in [5, 5.41) is 4.62. The molecule has 1 heterocycles. The fraction of sp³-hybridized carbons (Fsp3) is 0.792. The van der Waals surface area contributed by atoms with Gasteiger partial charge in [-0.2, -0.15) is 9.78 Å². The third-order valence-corrected chi connectivity index (χ3v) is 6.37. The molecule has 178 valence electrons. The van der Waals surface area contributed by atoms with E-state index >= 15 is 0 Å². The van der Waals surface area contributed by atoms with Gasteiger partial charge in [0.05, 0.1) is 7.11 Å². The Morgan fingerprint density at radius 3 is 1.74 bits per heavy atom. The first-order valence-corrected chi connectivity index (χ1v) is 13.3. The maximum atomic E-state index is 12.5. The molecule has 0 amide bonds. The van der Waals surface area contributed by atoms with Gasteiger partial charge in [0, 0.05) is 6.42 Å². The molecule has 0 fully saturated rings. The average molecular weight is 454 g/mol. The Kier molecular flexibility index (Phi) is 15.2. The summed E-state index contributed by atoms with van der Waals surface area (Å²) in [4.78, 5) is 24.3. The monoisotopic (exact) mass is 453 g/mol. The highest BCUT2D eigenvalue weighted by atomic mass is 32.2. The quantitative estimate of drug-likeness (QED) is 0.148. The number of nitrogens with two attached hydrogens (primary N) is 1. The van der Waals surface area contributed by atoms with E-state index in [2.05, 4.69) is 12.0 Å². The van der Waals surface area contributed by atoms with Crippen molar-refractivity contribution in [2.75, 3.05) is 19.1 Å². The van der Waals surface area contributed by atoms with Crippen molar-refractivity contribution in [1.29, 1.82) is 0 Å². The molecule has 0 unspecified atom stereocenters. The highest BCUT2D eigenvalue weighted by molar-refractivity contribution is 7.98. The fourth-order valence-corrected chi connectivity index (χ4v) is 4.35. The molecule has 0 saturated carbocycles. The molecular weight excluding hydrogens is 410 g/mol. The zero-order chi connectivity index (χ0) is 22.9. The lowest BCUT2D eigenvalue weighted by Gasteiger charge is -2.05. The molecule has 0 radical (unpaired) electrons. The molecule has 0 spiro atoms. The van der Waals surface area contributed by atoms with Crippen LogP contribution in [0, 0.1) is 0 Å². The Morgan fingerprint density at radius 1 is 0.871 bits per heavy atom. The van der Waals surface area contributed by atoms with Crippen LogP contribution >= 0.6 is 11.8 Å². The van der Waals surface area contributed by atoms with E-state index in [1.54, 1.807) is 6.26 Å². The molecule has 1 rings (SSSR count). The zero-order valence-corrected chi connectivity index (χ0v) is 20.7. The second kappa shape index (κ2) is 17.1. The number of esters is 1. The molecule has 2 N–H and O–H groups in total. The van der Waals surface area contributed by atoms with Gasteiger partial charge in [0.2, 0.25) is 5.91 Å². The predicted molar refractivity (Wildman–Crippen MR) is 130 cm³/mol. The van der Waals surface area contributed by atoms with Crippen molar-refractivity contribution in [3.05, 3.63) is 5.56 Å². The van der Waals surface area contributed by atoms with Crippen LogP contribution in [0.3, 0.4) is 0 Å². The Hall–Kier alpha value is -1.50. The number of methoxy groups -OCH3 is 1. The van der Waals surface area contributed by atoms with Crippen molar-refractivity contribution in [3.8, 4) is 0 Å². The molecule has 0 aromatic carbocycles. The van der Waals surface area contributed by atoms with Crippen molar-refractivity contribution >= 4 is 29.5 Å². The van der Waals surface area contributed by atoms with Gasteiger partial charge in [-0.15, -0.1) is 11.8 Å². The second-order valence-electron chi connectivity index (χ2n) is 8.27. The molecule has 0 aliphatic carbocycles. The molecule has 0 atom stereocenters. The number of nitrogen functional groups attached to an aromatic ring is 1. The van der Waals surface area contributed by atoms with Crippen molar-refractivity contribution in [3.63, 3.8) is 0 Å². The van der Waals surface area contributed by atoms with Gasteiger partial charge < -0.3 is 10.5 Å². The minimum atomic E-state index is -0.562. The predicted octanol–water partition coefficient (Wildman–Crippen LogP) is 6.88. The number of hydrogen-bond acceptors (Lipinski definition) is 6. The number of hydrogen-bond donors (Lipinski definition) is 1.